The number of hydrogen-bond acceptors (Lipinski definition) is 9. The van der Waals surface area contributed by atoms with Crippen LogP contribution in [-0.2, 0) is 27.2 Å². The number of phenolic OH excluding ortho intramolecular Hbond substituents is 1. The number of quaternary nitrogens is 1. The van der Waals surface area contributed by atoms with Gasteiger partial charge in [-0.2, -0.15) is 0 Å². The topological polar surface area (TPSA) is 175 Å². The molecule has 314 valence electrons. The number of morpholine rings is 1. The quantitative estimate of drug-likeness (QED) is 0.0367. The Labute approximate surface area is 353 Å². The number of benzene rings is 4. The summed E-state index contributed by atoms with van der Waals surface area (Å²) in [5.41, 5.74) is 5.23. The third-order valence-electron chi connectivity index (χ3n) is 12.4. The van der Waals surface area contributed by atoms with E-state index in [4.69, 9.17) is 25.8 Å². The Hall–Kier alpha value is -5.44. The number of carbonyl (C=O) groups is 2. The number of epoxide rings is 1. The molecule has 2 bridgehead atoms. The van der Waals surface area contributed by atoms with Gasteiger partial charge in [0.05, 0.1) is 49.2 Å². The van der Waals surface area contributed by atoms with Gasteiger partial charge in [0, 0.05) is 61.0 Å². The fourth-order valence-corrected chi connectivity index (χ4v) is 9.39. The van der Waals surface area contributed by atoms with Crippen molar-refractivity contribution in [3.05, 3.63) is 117 Å². The first kappa shape index (κ1) is 41.3. The summed E-state index contributed by atoms with van der Waals surface area (Å²) in [6.07, 6.45) is 2.97. The number of methoxy groups -OCH3 is 1. The predicted molar refractivity (Wildman–Crippen MR) is 230 cm³/mol. The summed E-state index contributed by atoms with van der Waals surface area (Å²) in [7, 11) is 6.04. The van der Waals surface area contributed by atoms with Crippen LogP contribution in [0.1, 0.15) is 54.9 Å². The zero-order chi connectivity index (χ0) is 42.1. The highest BCUT2D eigenvalue weighted by Gasteiger charge is 2.70. The monoisotopic (exact) mass is 836 g/mol. The van der Waals surface area contributed by atoms with Crippen molar-refractivity contribution in [2.24, 2.45) is 0 Å². The number of aromatic hydroxyl groups is 1. The summed E-state index contributed by atoms with van der Waals surface area (Å²) in [5.74, 6) is 0.252. The molecule has 0 aliphatic carbocycles. The normalized spacial score (nSPS) is 21.5. The molecular formula is C46H51ClN5O8+. The van der Waals surface area contributed by atoms with Gasteiger partial charge in [-0.1, -0.05) is 60.1 Å². The number of aliphatic hydroxyl groups is 1. The molecule has 3 fully saturated rings. The van der Waals surface area contributed by atoms with Crippen LogP contribution in [0.2, 0.25) is 5.02 Å². The molecule has 0 unspecified atom stereocenters. The van der Waals surface area contributed by atoms with Crippen LogP contribution in [0.4, 0.5) is 16.2 Å². The highest BCUT2D eigenvalue weighted by atomic mass is 35.5. The third-order valence-corrected chi connectivity index (χ3v) is 12.7. The van der Waals surface area contributed by atoms with Gasteiger partial charge in [0.1, 0.15) is 41.9 Å². The number of hydrogen-bond donors (Lipinski definition) is 6. The molecule has 8 rings (SSSR count). The number of fused-ring (bicyclic) bond motifs is 6. The lowest BCUT2D eigenvalue weighted by molar-refractivity contribution is -0.938. The van der Waals surface area contributed by atoms with Crippen LogP contribution in [0.5, 0.6) is 11.5 Å². The van der Waals surface area contributed by atoms with Gasteiger partial charge in [0.15, 0.2) is 0 Å². The standard InChI is InChI=1S/C46H50ClN5O8/c1-52(2)36-21-29(22-37(52)45-44(36)60-45)59-46(57)50-34-19-26(13-14-30(34)27-10-5-4-6-11-27)9-7-8-12-41(55)49-35-23-40(58-3)28(20-33(35)47)24-48-25-39(54)31-15-17-38(53)43-32(31)16-18-42(56)51-43/h4-6,10-11,13-20,23,29,36-37,39,44-45,48,54H,7-9,12,21-22,24-25H2,1-3H3,(H3-,49,50,51,53,55,56,57)/p+1/t29-,36-,37+,39-,44-,45+/m0/s1. The molecular weight excluding hydrogens is 786 g/mol. The van der Waals surface area contributed by atoms with Gasteiger partial charge in [0.25, 0.3) is 0 Å². The Balaban J connectivity index is 0.832. The Kier molecular flexibility index (Phi) is 11.9. The number of aliphatic hydroxyl groups excluding tert-OH is 1. The first-order chi connectivity index (χ1) is 28.9. The smallest absolute Gasteiger partial charge is 0.411 e. The lowest BCUT2D eigenvalue weighted by Gasteiger charge is -2.45. The number of rotatable bonds is 15. The number of likely N-dealkylation sites (N-methyl/N-ethyl adjacent to an activating group) is 1. The molecule has 4 heterocycles. The predicted octanol–water partition coefficient (Wildman–Crippen LogP) is 7.04. The van der Waals surface area contributed by atoms with E-state index >= 15 is 0 Å². The average Bonchev–Trinajstić information content (AvgIpc) is 4.00. The highest BCUT2D eigenvalue weighted by Crippen LogP contribution is 2.51. The van der Waals surface area contributed by atoms with Gasteiger partial charge in [-0.15, -0.1) is 0 Å². The number of aromatic amines is 1. The highest BCUT2D eigenvalue weighted by molar-refractivity contribution is 6.33. The Morgan fingerprint density at radius 2 is 1.72 bits per heavy atom. The van der Waals surface area contributed by atoms with Crippen LogP contribution in [-0.4, -0.2) is 89.8 Å². The number of amides is 2. The van der Waals surface area contributed by atoms with E-state index in [-0.39, 0.29) is 54.0 Å². The molecule has 2 amide bonds. The summed E-state index contributed by atoms with van der Waals surface area (Å²) in [4.78, 5) is 40.8. The summed E-state index contributed by atoms with van der Waals surface area (Å²) in [6.45, 7) is 0.470. The van der Waals surface area contributed by atoms with Crippen LogP contribution in [0.3, 0.4) is 0 Å². The maximum Gasteiger partial charge on any atom is 0.411 e. The number of nitrogens with one attached hydrogen (secondary N) is 4. The van der Waals surface area contributed by atoms with Gasteiger partial charge < -0.3 is 44.5 Å². The Bertz CT molecular complexity index is 2440. The first-order valence-corrected chi connectivity index (χ1v) is 20.8. The third kappa shape index (κ3) is 8.72. The molecule has 14 heteroatoms. The van der Waals surface area contributed by atoms with E-state index in [0.717, 1.165) is 46.0 Å². The number of piperidine rings is 1. The summed E-state index contributed by atoms with van der Waals surface area (Å²) < 4.78 is 18.5. The second kappa shape index (κ2) is 17.3. The number of anilines is 2. The minimum absolute atomic E-state index is 0.0799. The molecule has 4 aromatic carbocycles. The van der Waals surface area contributed by atoms with Gasteiger partial charge in [0.2, 0.25) is 11.5 Å². The van der Waals surface area contributed by atoms with Crippen molar-refractivity contribution in [2.75, 3.05) is 38.4 Å². The second-order valence-electron chi connectivity index (χ2n) is 16.5. The molecule has 0 saturated carbocycles. The van der Waals surface area contributed by atoms with E-state index < -0.39 is 12.2 Å². The van der Waals surface area contributed by atoms with E-state index in [2.05, 4.69) is 41.1 Å². The van der Waals surface area contributed by atoms with E-state index in [1.54, 1.807) is 24.3 Å². The minimum atomic E-state index is -0.939. The van der Waals surface area contributed by atoms with Crippen molar-refractivity contribution in [3.63, 3.8) is 0 Å². The summed E-state index contributed by atoms with van der Waals surface area (Å²) >= 11 is 6.63. The molecule has 0 radical (unpaired) electrons. The number of H-pyrrole nitrogens is 1. The van der Waals surface area contributed by atoms with Crippen LogP contribution in [0.15, 0.2) is 89.7 Å². The lowest BCUT2D eigenvalue weighted by atomic mass is 9.96. The van der Waals surface area contributed by atoms with Gasteiger partial charge in [-0.25, -0.2) is 4.79 Å². The Morgan fingerprint density at radius 3 is 2.47 bits per heavy atom. The number of aryl methyl sites for hydroxylation is 1. The molecule has 6 atom stereocenters. The largest absolute Gasteiger partial charge is 0.506 e. The molecule has 3 aliphatic heterocycles. The molecule has 3 aliphatic rings. The van der Waals surface area contributed by atoms with Crippen LogP contribution in [0.25, 0.3) is 22.0 Å². The molecule has 0 spiro atoms. The summed E-state index contributed by atoms with van der Waals surface area (Å²) in [5, 5.41) is 31.2. The minimum Gasteiger partial charge on any atom is -0.506 e. The van der Waals surface area contributed by atoms with Crippen LogP contribution >= 0.6 is 11.6 Å². The number of unbranched alkanes of at least 4 members (excludes halogenated alkanes) is 1. The van der Waals surface area contributed by atoms with E-state index in [1.165, 1.54) is 19.2 Å². The average molecular weight is 837 g/mol. The lowest BCUT2D eigenvalue weighted by Crippen LogP contribution is -2.60. The van der Waals surface area contributed by atoms with Crippen LogP contribution < -0.4 is 26.2 Å². The number of nitrogens with zero attached hydrogens (tertiary/aromatic N) is 1. The van der Waals surface area contributed by atoms with Crippen molar-refractivity contribution >= 4 is 45.9 Å². The van der Waals surface area contributed by atoms with E-state index in [0.29, 0.717) is 64.6 Å². The number of ether oxygens (including phenoxy) is 3. The van der Waals surface area contributed by atoms with E-state index in [1.807, 2.05) is 42.5 Å². The fraction of sp³-hybridized carbons (Fsp3) is 0.370. The van der Waals surface area contributed by atoms with Crippen molar-refractivity contribution in [1.29, 1.82) is 0 Å². The van der Waals surface area contributed by atoms with Gasteiger partial charge in [-0.3, -0.25) is 14.9 Å². The number of pyridine rings is 1. The molecule has 3 saturated heterocycles. The van der Waals surface area contributed by atoms with E-state index in [9.17, 15) is 24.6 Å². The number of aromatic nitrogens is 1. The van der Waals surface area contributed by atoms with Crippen LogP contribution in [0, 0.1) is 0 Å². The van der Waals surface area contributed by atoms with Crippen molar-refractivity contribution in [1.82, 2.24) is 10.3 Å². The van der Waals surface area contributed by atoms with Crippen molar-refractivity contribution in [2.45, 2.75) is 81.6 Å². The Morgan fingerprint density at radius 1 is 0.950 bits per heavy atom. The molecule has 5 aromatic rings. The zero-order valence-corrected chi connectivity index (χ0v) is 34.6. The summed E-state index contributed by atoms with van der Waals surface area (Å²) in [6, 6.07) is 26.1. The van der Waals surface area contributed by atoms with Gasteiger partial charge >= 0.3 is 6.09 Å². The molecule has 13 nitrogen and oxygen atoms in total. The number of halogens is 1. The first-order valence-electron chi connectivity index (χ1n) is 20.4. The van der Waals surface area contributed by atoms with Gasteiger partial charge in [-0.05, 0) is 60.2 Å². The van der Waals surface area contributed by atoms with Crippen molar-refractivity contribution < 1.29 is 38.5 Å². The second-order valence-corrected chi connectivity index (χ2v) is 16.9. The molecule has 1 aromatic heterocycles. The number of carbonyl (C=O) groups excluding carboxylic acids is 2. The fourth-order valence-electron chi connectivity index (χ4n) is 9.16. The maximum atomic E-state index is 13.3. The molecule has 6 N–H and O–H groups in total. The van der Waals surface area contributed by atoms with Crippen molar-refractivity contribution in [3.8, 4) is 22.6 Å². The SMILES string of the molecule is COc1cc(NC(=O)CCCCc2ccc(-c3ccccc3)c(NC(=O)O[C@@H]3C[C@@H]4[C@H]5O[C@H]5[C@H](C3)[N+]4(C)C)c2)c(Cl)cc1CNC[C@H](O)c1ccc(O)c2[nH]c(=O)ccc12. The number of phenols is 1. The maximum absolute atomic E-state index is 13.3. The molecule has 60 heavy (non-hydrogen) atoms. The zero-order valence-electron chi connectivity index (χ0n) is 33.9.